The first-order valence-electron chi connectivity index (χ1n) is 7.24. The summed E-state index contributed by atoms with van der Waals surface area (Å²) in [7, 11) is 1.62. The van der Waals surface area contributed by atoms with E-state index in [1.54, 1.807) is 13.3 Å². The van der Waals surface area contributed by atoms with Crippen molar-refractivity contribution in [2.75, 3.05) is 13.7 Å². The topological polar surface area (TPSA) is 43.4 Å². The zero-order chi connectivity index (χ0) is 14.9. The smallest absolute Gasteiger partial charge is 0.219 e. The highest BCUT2D eigenvalue weighted by molar-refractivity contribution is 5.30. The summed E-state index contributed by atoms with van der Waals surface area (Å²) in [6, 6.07) is 12.0. The summed E-state index contributed by atoms with van der Waals surface area (Å²) < 4.78 is 11.1. The predicted molar refractivity (Wildman–Crippen MR) is 83.6 cm³/mol. The largest absolute Gasteiger partial charge is 0.489 e. The molecule has 21 heavy (non-hydrogen) atoms. The van der Waals surface area contributed by atoms with Crippen LogP contribution in [0.3, 0.4) is 0 Å². The quantitative estimate of drug-likeness (QED) is 0.757. The van der Waals surface area contributed by atoms with Gasteiger partial charge in [-0.05, 0) is 42.8 Å². The Hall–Kier alpha value is -2.07. The van der Waals surface area contributed by atoms with Crippen molar-refractivity contribution >= 4 is 0 Å². The van der Waals surface area contributed by atoms with E-state index >= 15 is 0 Å². The van der Waals surface area contributed by atoms with Crippen molar-refractivity contribution in [2.24, 2.45) is 0 Å². The average molecular weight is 286 g/mol. The number of nitrogens with one attached hydrogen (secondary N) is 1. The second-order valence-electron chi connectivity index (χ2n) is 4.78. The molecule has 0 bridgehead atoms. The molecule has 2 aromatic rings. The lowest BCUT2D eigenvalue weighted by Crippen LogP contribution is -2.13. The molecule has 112 valence electrons. The SMILES string of the molecule is CCCNCc1cccc(OCc2cccnc2OC)c1. The van der Waals surface area contributed by atoms with Crippen molar-refractivity contribution in [3.8, 4) is 11.6 Å². The fourth-order valence-electron chi connectivity index (χ4n) is 2.03. The molecular formula is C17H22N2O2. The van der Waals surface area contributed by atoms with E-state index in [0.717, 1.165) is 30.8 Å². The Morgan fingerprint density at radius 2 is 2.10 bits per heavy atom. The van der Waals surface area contributed by atoms with Gasteiger partial charge < -0.3 is 14.8 Å². The number of ether oxygens (including phenoxy) is 2. The molecule has 0 unspecified atom stereocenters. The standard InChI is InChI=1S/C17H22N2O2/c1-3-9-18-12-14-6-4-8-16(11-14)21-13-15-7-5-10-19-17(15)20-2/h4-8,10-11,18H,3,9,12-13H2,1-2H3. The van der Waals surface area contributed by atoms with Gasteiger partial charge in [-0.15, -0.1) is 0 Å². The van der Waals surface area contributed by atoms with Gasteiger partial charge in [-0.3, -0.25) is 0 Å². The molecule has 1 heterocycles. The Morgan fingerprint density at radius 1 is 1.19 bits per heavy atom. The van der Waals surface area contributed by atoms with Gasteiger partial charge in [-0.25, -0.2) is 4.98 Å². The van der Waals surface area contributed by atoms with E-state index in [-0.39, 0.29) is 0 Å². The molecule has 1 aromatic heterocycles. The summed E-state index contributed by atoms with van der Waals surface area (Å²) in [5.41, 5.74) is 2.16. The van der Waals surface area contributed by atoms with Gasteiger partial charge in [0, 0.05) is 12.7 Å². The highest BCUT2D eigenvalue weighted by Gasteiger charge is 2.04. The Bertz CT molecular complexity index is 558. The fourth-order valence-corrected chi connectivity index (χ4v) is 2.03. The lowest BCUT2D eigenvalue weighted by Gasteiger charge is -2.10. The van der Waals surface area contributed by atoms with E-state index in [2.05, 4.69) is 29.4 Å². The summed E-state index contributed by atoms with van der Waals surface area (Å²) in [5, 5.41) is 3.39. The first-order valence-corrected chi connectivity index (χ1v) is 7.24. The minimum absolute atomic E-state index is 0.447. The van der Waals surface area contributed by atoms with Gasteiger partial charge in [0.25, 0.3) is 0 Å². The molecule has 0 fully saturated rings. The lowest BCUT2D eigenvalue weighted by molar-refractivity contribution is 0.293. The van der Waals surface area contributed by atoms with E-state index in [1.165, 1.54) is 5.56 Å². The van der Waals surface area contributed by atoms with Gasteiger partial charge in [0.05, 0.1) is 12.7 Å². The normalized spacial score (nSPS) is 10.4. The third-order valence-corrected chi connectivity index (χ3v) is 3.09. The van der Waals surface area contributed by atoms with Crippen LogP contribution in [0.1, 0.15) is 24.5 Å². The van der Waals surface area contributed by atoms with Crippen LogP contribution in [0.2, 0.25) is 0 Å². The van der Waals surface area contributed by atoms with Crippen LogP contribution in [0, 0.1) is 0 Å². The Balaban J connectivity index is 1.95. The minimum atomic E-state index is 0.447. The molecule has 0 radical (unpaired) electrons. The predicted octanol–water partition coefficient (Wildman–Crippen LogP) is 3.17. The number of hydrogen-bond donors (Lipinski definition) is 1. The van der Waals surface area contributed by atoms with Gasteiger partial charge in [0.1, 0.15) is 12.4 Å². The Labute approximate surface area is 126 Å². The minimum Gasteiger partial charge on any atom is -0.489 e. The molecule has 0 aliphatic rings. The molecular weight excluding hydrogens is 264 g/mol. The number of pyridine rings is 1. The molecule has 0 atom stereocenters. The summed E-state index contributed by atoms with van der Waals surface area (Å²) in [5.74, 6) is 1.47. The highest BCUT2D eigenvalue weighted by Crippen LogP contribution is 2.19. The Kier molecular flexibility index (Phi) is 6.03. The Morgan fingerprint density at radius 3 is 2.90 bits per heavy atom. The van der Waals surface area contributed by atoms with Gasteiger partial charge >= 0.3 is 0 Å². The number of rotatable bonds is 8. The number of aromatic nitrogens is 1. The molecule has 4 nitrogen and oxygen atoms in total. The number of nitrogens with zero attached hydrogens (tertiary/aromatic N) is 1. The van der Waals surface area contributed by atoms with Crippen LogP contribution in [-0.4, -0.2) is 18.6 Å². The molecule has 0 saturated carbocycles. The van der Waals surface area contributed by atoms with E-state index in [9.17, 15) is 0 Å². The van der Waals surface area contributed by atoms with Gasteiger partial charge in [0.2, 0.25) is 5.88 Å². The van der Waals surface area contributed by atoms with Crippen molar-refractivity contribution in [1.29, 1.82) is 0 Å². The summed E-state index contributed by atoms with van der Waals surface area (Å²) >= 11 is 0. The molecule has 0 aliphatic carbocycles. The van der Waals surface area contributed by atoms with Gasteiger partial charge in [-0.2, -0.15) is 0 Å². The van der Waals surface area contributed by atoms with E-state index < -0.39 is 0 Å². The first kappa shape index (κ1) is 15.3. The first-order chi connectivity index (χ1) is 10.3. The maximum Gasteiger partial charge on any atom is 0.219 e. The monoisotopic (exact) mass is 286 g/mol. The van der Waals surface area contributed by atoms with Crippen molar-refractivity contribution < 1.29 is 9.47 Å². The molecule has 0 amide bonds. The zero-order valence-electron chi connectivity index (χ0n) is 12.6. The van der Waals surface area contributed by atoms with Crippen LogP contribution < -0.4 is 14.8 Å². The third-order valence-electron chi connectivity index (χ3n) is 3.09. The average Bonchev–Trinajstić information content (AvgIpc) is 2.54. The second kappa shape index (κ2) is 8.27. The number of hydrogen-bond acceptors (Lipinski definition) is 4. The van der Waals surface area contributed by atoms with Crippen molar-refractivity contribution in [2.45, 2.75) is 26.5 Å². The van der Waals surface area contributed by atoms with Crippen LogP contribution >= 0.6 is 0 Å². The molecule has 2 rings (SSSR count). The van der Waals surface area contributed by atoms with Crippen LogP contribution in [0.15, 0.2) is 42.6 Å². The molecule has 0 saturated heterocycles. The summed E-state index contributed by atoms with van der Waals surface area (Å²) in [6.07, 6.45) is 2.85. The van der Waals surface area contributed by atoms with E-state index in [1.807, 2.05) is 24.3 Å². The number of methoxy groups -OCH3 is 1. The molecule has 1 aromatic carbocycles. The molecule has 4 heteroatoms. The summed E-state index contributed by atoms with van der Waals surface area (Å²) in [6.45, 7) is 4.50. The summed E-state index contributed by atoms with van der Waals surface area (Å²) in [4.78, 5) is 4.16. The maximum absolute atomic E-state index is 5.83. The van der Waals surface area contributed by atoms with Crippen LogP contribution in [0.25, 0.3) is 0 Å². The van der Waals surface area contributed by atoms with Gasteiger partial charge in [0.15, 0.2) is 0 Å². The van der Waals surface area contributed by atoms with Crippen molar-refractivity contribution in [3.05, 3.63) is 53.7 Å². The van der Waals surface area contributed by atoms with Crippen molar-refractivity contribution in [1.82, 2.24) is 10.3 Å². The van der Waals surface area contributed by atoms with Gasteiger partial charge in [-0.1, -0.05) is 19.1 Å². The second-order valence-corrected chi connectivity index (χ2v) is 4.78. The number of benzene rings is 1. The van der Waals surface area contributed by atoms with Crippen LogP contribution in [0.5, 0.6) is 11.6 Å². The maximum atomic E-state index is 5.83. The molecule has 0 aliphatic heterocycles. The molecule has 0 spiro atoms. The van der Waals surface area contributed by atoms with Crippen LogP contribution in [0.4, 0.5) is 0 Å². The van der Waals surface area contributed by atoms with E-state index in [0.29, 0.717) is 12.5 Å². The fraction of sp³-hybridized carbons (Fsp3) is 0.353. The zero-order valence-corrected chi connectivity index (χ0v) is 12.6. The highest BCUT2D eigenvalue weighted by atomic mass is 16.5. The van der Waals surface area contributed by atoms with E-state index in [4.69, 9.17) is 9.47 Å². The van der Waals surface area contributed by atoms with Crippen molar-refractivity contribution in [3.63, 3.8) is 0 Å². The lowest BCUT2D eigenvalue weighted by atomic mass is 10.2. The third kappa shape index (κ3) is 4.76. The van der Waals surface area contributed by atoms with Crippen LogP contribution in [-0.2, 0) is 13.2 Å². The molecule has 1 N–H and O–H groups in total.